The highest BCUT2D eigenvalue weighted by molar-refractivity contribution is 14.0. The van der Waals surface area contributed by atoms with Gasteiger partial charge in [-0.15, -0.1) is 24.0 Å². The fourth-order valence-electron chi connectivity index (χ4n) is 2.07. The zero-order valence-electron chi connectivity index (χ0n) is 15.7. The van der Waals surface area contributed by atoms with Gasteiger partial charge < -0.3 is 20.1 Å². The van der Waals surface area contributed by atoms with Crippen molar-refractivity contribution in [2.24, 2.45) is 4.99 Å². The highest BCUT2D eigenvalue weighted by Gasteiger charge is 2.30. The van der Waals surface area contributed by atoms with E-state index in [1.54, 1.807) is 13.8 Å². The molecule has 0 atom stereocenters. The van der Waals surface area contributed by atoms with Crippen LogP contribution in [0.2, 0.25) is 0 Å². The van der Waals surface area contributed by atoms with Crippen LogP contribution in [0, 0.1) is 0 Å². The number of nitrogens with zero attached hydrogens (tertiary/aromatic N) is 1. The van der Waals surface area contributed by atoms with Crippen molar-refractivity contribution < 1.29 is 17.9 Å². The number of benzene rings is 1. The van der Waals surface area contributed by atoms with E-state index in [0.717, 1.165) is 17.9 Å². The van der Waals surface area contributed by atoms with Gasteiger partial charge in [-0.25, -0.2) is 8.42 Å². The van der Waals surface area contributed by atoms with E-state index in [-0.39, 0.29) is 30.5 Å². The Morgan fingerprint density at radius 3 is 2.50 bits per heavy atom. The van der Waals surface area contributed by atoms with Gasteiger partial charge in [0.15, 0.2) is 27.3 Å². The third-order valence-electron chi connectivity index (χ3n) is 3.98. The minimum atomic E-state index is -3.20. The van der Waals surface area contributed by atoms with E-state index < -0.39 is 14.6 Å². The first-order valence-corrected chi connectivity index (χ1v) is 10.3. The average molecular weight is 497 g/mol. The third-order valence-corrected chi connectivity index (χ3v) is 6.11. The first kappa shape index (κ1) is 22.8. The number of aliphatic imine (C=N–C) groups is 1. The lowest BCUT2D eigenvalue weighted by Gasteiger charge is -2.21. The Morgan fingerprint density at radius 1 is 1.23 bits per heavy atom. The number of rotatable bonds is 5. The van der Waals surface area contributed by atoms with Gasteiger partial charge in [-0.2, -0.15) is 0 Å². The molecule has 0 unspecified atom stereocenters. The molecule has 1 aliphatic rings. The SMILES string of the molecule is CCNC(=NCC(C)(C)S(C)(=O)=O)Nc1ccc2c(c1)OCCCO2.I. The maximum absolute atomic E-state index is 11.8. The predicted molar refractivity (Wildman–Crippen MR) is 116 cm³/mol. The minimum Gasteiger partial charge on any atom is -0.490 e. The lowest BCUT2D eigenvalue weighted by Crippen LogP contribution is -2.37. The van der Waals surface area contributed by atoms with Gasteiger partial charge in [0.2, 0.25) is 0 Å². The van der Waals surface area contributed by atoms with Crippen molar-refractivity contribution in [3.05, 3.63) is 18.2 Å². The van der Waals surface area contributed by atoms with Gasteiger partial charge in [-0.05, 0) is 32.9 Å². The number of halogens is 1. The zero-order chi connectivity index (χ0) is 18.5. The fraction of sp³-hybridized carbons (Fsp3) is 0.588. The summed E-state index contributed by atoms with van der Waals surface area (Å²) in [4.78, 5) is 4.42. The number of hydrogen-bond acceptors (Lipinski definition) is 5. The molecule has 0 spiro atoms. The molecule has 0 saturated heterocycles. The quantitative estimate of drug-likeness (QED) is 0.370. The van der Waals surface area contributed by atoms with E-state index >= 15 is 0 Å². The maximum Gasteiger partial charge on any atom is 0.195 e. The lowest BCUT2D eigenvalue weighted by atomic mass is 10.2. The van der Waals surface area contributed by atoms with Crippen molar-refractivity contribution in [3.8, 4) is 11.5 Å². The Labute approximate surface area is 172 Å². The molecular weight excluding hydrogens is 469 g/mol. The van der Waals surface area contributed by atoms with Crippen LogP contribution in [0.3, 0.4) is 0 Å². The molecule has 148 valence electrons. The Hall–Kier alpha value is -1.23. The predicted octanol–water partition coefficient (Wildman–Crippen LogP) is 2.67. The molecule has 0 aromatic heterocycles. The van der Waals surface area contributed by atoms with E-state index in [0.29, 0.717) is 31.5 Å². The summed E-state index contributed by atoms with van der Waals surface area (Å²) < 4.78 is 34.0. The van der Waals surface area contributed by atoms with Crippen molar-refractivity contribution in [2.45, 2.75) is 31.9 Å². The molecule has 0 amide bonds. The molecule has 0 saturated carbocycles. The topological polar surface area (TPSA) is 89.0 Å². The summed E-state index contributed by atoms with van der Waals surface area (Å²) in [5, 5.41) is 6.30. The van der Waals surface area contributed by atoms with Crippen molar-refractivity contribution in [2.75, 3.05) is 37.9 Å². The van der Waals surface area contributed by atoms with E-state index in [4.69, 9.17) is 9.47 Å². The summed E-state index contributed by atoms with van der Waals surface area (Å²) in [6, 6.07) is 5.59. The molecule has 1 aliphatic heterocycles. The highest BCUT2D eigenvalue weighted by atomic mass is 127. The summed E-state index contributed by atoms with van der Waals surface area (Å²) >= 11 is 0. The van der Waals surface area contributed by atoms with Crippen LogP contribution in [0.15, 0.2) is 23.2 Å². The molecule has 26 heavy (non-hydrogen) atoms. The first-order chi connectivity index (χ1) is 11.7. The summed E-state index contributed by atoms with van der Waals surface area (Å²) in [6.45, 7) is 7.37. The fourth-order valence-corrected chi connectivity index (χ4v) is 2.37. The maximum atomic E-state index is 11.8. The molecule has 0 bridgehead atoms. The molecule has 1 aromatic carbocycles. The number of hydrogen-bond donors (Lipinski definition) is 2. The van der Waals surface area contributed by atoms with E-state index in [2.05, 4.69) is 15.6 Å². The Kier molecular flexibility index (Phi) is 8.45. The Balaban J connectivity index is 0.00000338. The second kappa shape index (κ2) is 9.63. The number of sulfone groups is 1. The van der Waals surface area contributed by atoms with Crippen molar-refractivity contribution in [1.82, 2.24) is 5.32 Å². The molecule has 2 rings (SSSR count). The van der Waals surface area contributed by atoms with Crippen molar-refractivity contribution >= 4 is 45.5 Å². The van der Waals surface area contributed by atoms with Gasteiger partial charge >= 0.3 is 0 Å². The van der Waals surface area contributed by atoms with Crippen LogP contribution in [-0.4, -0.2) is 51.7 Å². The molecule has 0 radical (unpaired) electrons. The highest BCUT2D eigenvalue weighted by Crippen LogP contribution is 2.32. The first-order valence-electron chi connectivity index (χ1n) is 8.37. The number of nitrogens with one attached hydrogen (secondary N) is 2. The van der Waals surface area contributed by atoms with Gasteiger partial charge in [0.1, 0.15) is 0 Å². The normalized spacial score (nSPS) is 14.8. The molecule has 1 aromatic rings. The Morgan fingerprint density at radius 2 is 1.88 bits per heavy atom. The largest absolute Gasteiger partial charge is 0.490 e. The van der Waals surface area contributed by atoms with E-state index in [9.17, 15) is 8.42 Å². The van der Waals surface area contributed by atoms with Gasteiger partial charge in [0, 0.05) is 31.0 Å². The number of guanidine groups is 1. The lowest BCUT2D eigenvalue weighted by molar-refractivity contribution is 0.297. The summed E-state index contributed by atoms with van der Waals surface area (Å²) in [5.74, 6) is 1.94. The smallest absolute Gasteiger partial charge is 0.195 e. The standard InChI is InChI=1S/C17H27N3O4S.HI/c1-5-18-16(19-12-17(2,3)25(4,21)22)20-13-7-8-14-15(11-13)24-10-6-9-23-14;/h7-8,11H,5-6,9-10,12H2,1-4H3,(H2,18,19,20);1H. The summed E-state index contributed by atoms with van der Waals surface area (Å²) in [6.07, 6.45) is 2.08. The van der Waals surface area contributed by atoms with Gasteiger partial charge in [0.25, 0.3) is 0 Å². The number of fused-ring (bicyclic) bond motifs is 1. The van der Waals surface area contributed by atoms with E-state index in [1.807, 2.05) is 25.1 Å². The van der Waals surface area contributed by atoms with Gasteiger partial charge in [-0.3, -0.25) is 4.99 Å². The van der Waals surface area contributed by atoms with Crippen LogP contribution in [-0.2, 0) is 9.84 Å². The monoisotopic (exact) mass is 497 g/mol. The second-order valence-electron chi connectivity index (χ2n) is 6.56. The number of ether oxygens (including phenoxy) is 2. The van der Waals surface area contributed by atoms with E-state index in [1.165, 1.54) is 6.26 Å². The van der Waals surface area contributed by atoms with Gasteiger partial charge in [-0.1, -0.05) is 0 Å². The Bertz CT molecular complexity index is 736. The molecular formula is C17H28IN3O4S. The third kappa shape index (κ3) is 6.19. The van der Waals surface area contributed by atoms with Crippen LogP contribution in [0.4, 0.5) is 5.69 Å². The van der Waals surface area contributed by atoms with Crippen LogP contribution < -0.4 is 20.1 Å². The molecule has 9 heteroatoms. The van der Waals surface area contributed by atoms with Crippen LogP contribution >= 0.6 is 24.0 Å². The number of anilines is 1. The van der Waals surface area contributed by atoms with Crippen LogP contribution in [0.5, 0.6) is 11.5 Å². The van der Waals surface area contributed by atoms with Gasteiger partial charge in [0.05, 0.1) is 24.5 Å². The second-order valence-corrected chi connectivity index (χ2v) is 9.21. The molecule has 2 N–H and O–H groups in total. The van der Waals surface area contributed by atoms with Crippen molar-refractivity contribution in [1.29, 1.82) is 0 Å². The summed E-state index contributed by atoms with van der Waals surface area (Å²) in [7, 11) is -3.20. The summed E-state index contributed by atoms with van der Waals surface area (Å²) in [5.41, 5.74) is 0.793. The molecule has 0 aliphatic carbocycles. The zero-order valence-corrected chi connectivity index (χ0v) is 18.8. The van der Waals surface area contributed by atoms with Crippen molar-refractivity contribution in [3.63, 3.8) is 0 Å². The van der Waals surface area contributed by atoms with Crippen LogP contribution in [0.25, 0.3) is 0 Å². The van der Waals surface area contributed by atoms with Crippen LogP contribution in [0.1, 0.15) is 27.2 Å². The molecule has 0 fully saturated rings. The molecule has 7 nitrogen and oxygen atoms in total. The molecule has 1 heterocycles. The minimum absolute atomic E-state index is 0. The average Bonchev–Trinajstić information content (AvgIpc) is 2.76.